The monoisotopic (exact) mass is 296 g/mol. The molecule has 0 saturated heterocycles. The molecular formula is C14H20N2O5. The third kappa shape index (κ3) is 6.62. The number of para-hydroxylation sites is 2. The van der Waals surface area contributed by atoms with Crippen LogP contribution in [0.1, 0.15) is 20.8 Å². The number of hydrogen-bond donors (Lipinski definition) is 2. The summed E-state index contributed by atoms with van der Waals surface area (Å²) >= 11 is 0. The van der Waals surface area contributed by atoms with Crippen LogP contribution in [0.4, 0.5) is 10.5 Å². The minimum atomic E-state index is -0.757. The molecule has 0 spiro atoms. The number of hydroxylamine groups is 1. The summed E-state index contributed by atoms with van der Waals surface area (Å²) in [5.74, 6) is 0.0986. The van der Waals surface area contributed by atoms with Gasteiger partial charge in [-0.2, -0.15) is 5.48 Å². The normalized spacial score (nSPS) is 10.7. The number of hydrogen-bond acceptors (Lipinski definition) is 5. The molecule has 0 aliphatic carbocycles. The van der Waals surface area contributed by atoms with Gasteiger partial charge in [0, 0.05) is 0 Å². The number of carbonyl (C=O) groups excluding carboxylic acids is 2. The molecule has 0 aliphatic rings. The number of nitrogens with one attached hydrogen (secondary N) is 2. The van der Waals surface area contributed by atoms with Crippen molar-refractivity contribution >= 4 is 17.7 Å². The molecule has 0 heterocycles. The molecule has 0 aromatic heterocycles. The predicted molar refractivity (Wildman–Crippen MR) is 76.9 cm³/mol. The van der Waals surface area contributed by atoms with Gasteiger partial charge >= 0.3 is 6.09 Å². The highest BCUT2D eigenvalue weighted by atomic mass is 16.7. The summed E-state index contributed by atoms with van der Waals surface area (Å²) in [7, 11) is 1.51. The van der Waals surface area contributed by atoms with Crippen molar-refractivity contribution in [1.29, 1.82) is 0 Å². The second-order valence-electron chi connectivity index (χ2n) is 5.14. The summed E-state index contributed by atoms with van der Waals surface area (Å²) in [6, 6.07) is 6.96. The molecular weight excluding hydrogens is 276 g/mol. The number of ether oxygens (including phenoxy) is 2. The van der Waals surface area contributed by atoms with E-state index in [0.29, 0.717) is 11.4 Å². The van der Waals surface area contributed by atoms with Crippen LogP contribution in [0.5, 0.6) is 5.75 Å². The maximum Gasteiger partial charge on any atom is 0.431 e. The van der Waals surface area contributed by atoms with Crippen LogP contribution >= 0.6 is 0 Å². The number of carbonyl (C=O) groups is 2. The summed E-state index contributed by atoms with van der Waals surface area (Å²) < 4.78 is 10.0. The Balaban J connectivity index is 2.36. The first-order valence-electron chi connectivity index (χ1n) is 6.35. The Morgan fingerprint density at radius 1 is 1.19 bits per heavy atom. The topological polar surface area (TPSA) is 85.9 Å². The Morgan fingerprint density at radius 2 is 1.86 bits per heavy atom. The third-order valence-electron chi connectivity index (χ3n) is 2.14. The van der Waals surface area contributed by atoms with Crippen LogP contribution in [-0.2, 0) is 14.4 Å². The molecule has 7 heteroatoms. The summed E-state index contributed by atoms with van der Waals surface area (Å²) in [6.07, 6.45) is -0.757. The average Bonchev–Trinajstić information content (AvgIpc) is 2.37. The molecule has 0 fully saturated rings. The Kier molecular flexibility index (Phi) is 5.98. The molecule has 0 aliphatic heterocycles. The molecule has 21 heavy (non-hydrogen) atoms. The van der Waals surface area contributed by atoms with Crippen molar-refractivity contribution in [1.82, 2.24) is 5.48 Å². The molecule has 0 bridgehead atoms. The van der Waals surface area contributed by atoms with Crippen LogP contribution < -0.4 is 15.5 Å². The van der Waals surface area contributed by atoms with Gasteiger partial charge in [-0.1, -0.05) is 12.1 Å². The van der Waals surface area contributed by atoms with Gasteiger partial charge in [0.15, 0.2) is 6.61 Å². The van der Waals surface area contributed by atoms with E-state index < -0.39 is 17.6 Å². The fraction of sp³-hybridized carbons (Fsp3) is 0.429. The maximum atomic E-state index is 11.7. The van der Waals surface area contributed by atoms with E-state index in [9.17, 15) is 9.59 Å². The van der Waals surface area contributed by atoms with Gasteiger partial charge in [0.1, 0.15) is 11.4 Å². The van der Waals surface area contributed by atoms with Gasteiger partial charge in [0.25, 0.3) is 5.91 Å². The lowest BCUT2D eigenvalue weighted by Crippen LogP contribution is -2.34. The molecule has 1 rings (SSSR count). The minimum Gasteiger partial charge on any atom is -0.495 e. The number of anilines is 1. The molecule has 2 amide bonds. The van der Waals surface area contributed by atoms with Crippen molar-refractivity contribution in [2.24, 2.45) is 0 Å². The molecule has 7 nitrogen and oxygen atoms in total. The first kappa shape index (κ1) is 16.8. The van der Waals surface area contributed by atoms with Crippen LogP contribution in [0.2, 0.25) is 0 Å². The van der Waals surface area contributed by atoms with Gasteiger partial charge in [0.2, 0.25) is 0 Å². The Hall–Kier alpha value is -2.28. The zero-order valence-corrected chi connectivity index (χ0v) is 12.6. The second kappa shape index (κ2) is 7.49. The van der Waals surface area contributed by atoms with E-state index in [1.54, 1.807) is 45.0 Å². The fourth-order valence-corrected chi connectivity index (χ4v) is 1.39. The highest BCUT2D eigenvalue weighted by Crippen LogP contribution is 2.22. The number of methoxy groups -OCH3 is 1. The minimum absolute atomic E-state index is 0.350. The van der Waals surface area contributed by atoms with Crippen LogP contribution in [-0.4, -0.2) is 31.3 Å². The molecule has 2 N–H and O–H groups in total. The molecule has 0 saturated carbocycles. The Bertz CT molecular complexity index is 496. The smallest absolute Gasteiger partial charge is 0.431 e. The Morgan fingerprint density at radius 3 is 2.48 bits per heavy atom. The highest BCUT2D eigenvalue weighted by molar-refractivity contribution is 5.93. The third-order valence-corrected chi connectivity index (χ3v) is 2.14. The van der Waals surface area contributed by atoms with Crippen LogP contribution in [0, 0.1) is 0 Å². The fourth-order valence-electron chi connectivity index (χ4n) is 1.39. The van der Waals surface area contributed by atoms with Crippen LogP contribution in [0.25, 0.3) is 0 Å². The number of rotatable bonds is 5. The van der Waals surface area contributed by atoms with Crippen LogP contribution in [0.3, 0.4) is 0 Å². The summed E-state index contributed by atoms with van der Waals surface area (Å²) in [4.78, 5) is 27.7. The zero-order valence-electron chi connectivity index (χ0n) is 12.6. The van der Waals surface area contributed by atoms with E-state index in [-0.39, 0.29) is 6.61 Å². The van der Waals surface area contributed by atoms with Crippen molar-refractivity contribution in [3.05, 3.63) is 24.3 Å². The molecule has 0 radical (unpaired) electrons. The molecule has 0 atom stereocenters. The molecule has 1 aromatic rings. The summed E-state index contributed by atoms with van der Waals surface area (Å²) in [6.45, 7) is 4.82. The van der Waals surface area contributed by atoms with Gasteiger partial charge in [-0.25, -0.2) is 4.79 Å². The SMILES string of the molecule is COc1ccccc1NC(=O)CONC(=O)OC(C)(C)C. The van der Waals surface area contributed by atoms with Gasteiger partial charge < -0.3 is 14.8 Å². The van der Waals surface area contributed by atoms with Crippen LogP contribution in [0.15, 0.2) is 24.3 Å². The predicted octanol–water partition coefficient (Wildman–Crippen LogP) is 2.09. The summed E-state index contributed by atoms with van der Waals surface area (Å²) in [5, 5.41) is 2.60. The number of amides is 2. The van der Waals surface area contributed by atoms with E-state index in [4.69, 9.17) is 14.3 Å². The van der Waals surface area contributed by atoms with Gasteiger partial charge in [-0.3, -0.25) is 9.63 Å². The van der Waals surface area contributed by atoms with Gasteiger partial charge in [-0.05, 0) is 32.9 Å². The summed E-state index contributed by atoms with van der Waals surface area (Å²) in [5.41, 5.74) is 1.92. The van der Waals surface area contributed by atoms with Gasteiger partial charge in [0.05, 0.1) is 12.8 Å². The van der Waals surface area contributed by atoms with Crippen molar-refractivity contribution < 1.29 is 23.9 Å². The standard InChI is InChI=1S/C14H20N2O5/c1-14(2,3)21-13(18)16-20-9-12(17)15-10-7-5-6-8-11(10)19-4/h5-8H,9H2,1-4H3,(H,15,17)(H,16,18). The van der Waals surface area contributed by atoms with Crippen molar-refractivity contribution in [3.63, 3.8) is 0 Å². The quantitative estimate of drug-likeness (QED) is 0.813. The van der Waals surface area contributed by atoms with E-state index >= 15 is 0 Å². The molecule has 1 aromatic carbocycles. The van der Waals surface area contributed by atoms with Crippen molar-refractivity contribution in [2.45, 2.75) is 26.4 Å². The highest BCUT2D eigenvalue weighted by Gasteiger charge is 2.16. The van der Waals surface area contributed by atoms with E-state index in [2.05, 4.69) is 5.32 Å². The lowest BCUT2D eigenvalue weighted by molar-refractivity contribution is -0.122. The first-order chi connectivity index (χ1) is 9.81. The zero-order chi connectivity index (χ0) is 15.9. The van der Waals surface area contributed by atoms with E-state index in [1.807, 2.05) is 5.48 Å². The maximum absolute atomic E-state index is 11.7. The van der Waals surface area contributed by atoms with E-state index in [1.165, 1.54) is 7.11 Å². The average molecular weight is 296 g/mol. The lowest BCUT2D eigenvalue weighted by Gasteiger charge is -2.19. The van der Waals surface area contributed by atoms with Crippen molar-refractivity contribution in [3.8, 4) is 5.75 Å². The molecule has 0 unspecified atom stereocenters. The first-order valence-corrected chi connectivity index (χ1v) is 6.35. The largest absolute Gasteiger partial charge is 0.495 e. The Labute approximate surface area is 123 Å². The number of benzene rings is 1. The lowest BCUT2D eigenvalue weighted by atomic mass is 10.2. The van der Waals surface area contributed by atoms with Crippen molar-refractivity contribution in [2.75, 3.05) is 19.0 Å². The van der Waals surface area contributed by atoms with Gasteiger partial charge in [-0.15, -0.1) is 0 Å². The molecule has 116 valence electrons. The second-order valence-corrected chi connectivity index (χ2v) is 5.14. The van der Waals surface area contributed by atoms with E-state index in [0.717, 1.165) is 0 Å².